The zero-order valence-corrected chi connectivity index (χ0v) is 13.3. The van der Waals surface area contributed by atoms with Gasteiger partial charge in [0.1, 0.15) is 0 Å². The van der Waals surface area contributed by atoms with Crippen LogP contribution in [0.3, 0.4) is 0 Å². The fourth-order valence-corrected chi connectivity index (χ4v) is 0. The second kappa shape index (κ2) is 24.0. The molecule has 0 heterocycles. The molecule has 20 valence electrons. The van der Waals surface area contributed by atoms with Crippen molar-refractivity contribution in [3.63, 3.8) is 0 Å². The van der Waals surface area contributed by atoms with Crippen molar-refractivity contribution in [1.82, 2.24) is 0 Å². The standard InChI is InChI=1S/Al.Ce.K.O.Zr.2H/q;;+1;;;;-1. The number of hydrogen-bond donors (Lipinski definition) is 0. The Bertz CT molecular complexity index is 15.5. The molecule has 5 heavy (non-hydrogen) atoms. The van der Waals surface area contributed by atoms with Crippen LogP contribution in [-0.2, 0) is 30.0 Å². The van der Waals surface area contributed by atoms with E-state index in [1.807, 2.05) is 0 Å². The first-order chi connectivity index (χ1) is 1.00. The van der Waals surface area contributed by atoms with Crippen LogP contribution < -0.4 is 51.4 Å². The molecule has 0 saturated heterocycles. The van der Waals surface area contributed by atoms with Crippen LogP contribution in [0.15, 0.2) is 0 Å². The van der Waals surface area contributed by atoms with Crippen molar-refractivity contribution >= 4 is 16.2 Å². The first-order valence-corrected chi connectivity index (χ1v) is 0.866. The quantitative estimate of drug-likeness (QED) is 0.421. The Morgan fingerprint density at radius 3 is 1.40 bits per heavy atom. The molecule has 0 N–H and O–H groups in total. The summed E-state index contributed by atoms with van der Waals surface area (Å²) in [5, 5.41) is 0. The maximum atomic E-state index is 8.28. The van der Waals surface area contributed by atoms with Gasteiger partial charge in [0, 0.05) is 68.0 Å². The third-order valence-corrected chi connectivity index (χ3v) is 0. The molecule has 0 aromatic rings. The van der Waals surface area contributed by atoms with E-state index in [1.54, 1.807) is 0 Å². The molecule has 0 bridgehead atoms. The third-order valence-electron chi connectivity index (χ3n) is 0. The van der Waals surface area contributed by atoms with Crippen LogP contribution in [0, 0.1) is 41.7 Å². The molecule has 0 rings (SSSR count). The second-order valence-corrected chi connectivity index (χ2v) is 0. The minimum atomic E-state index is 0. The summed E-state index contributed by atoms with van der Waals surface area (Å²) in [5.41, 5.74) is 0. The summed E-state index contributed by atoms with van der Waals surface area (Å²) in [4.78, 5) is 0. The predicted octanol–water partition coefficient (Wildman–Crippen LogP) is -3.65. The molecule has 0 fully saturated rings. The molecule has 1 nitrogen and oxygen atoms in total. The third kappa shape index (κ3) is 17.9. The fourth-order valence-electron chi connectivity index (χ4n) is 0. The summed E-state index contributed by atoms with van der Waals surface area (Å²) >= 11 is 0.611. The first kappa shape index (κ1) is 22.9. The Hall–Kier alpha value is 4.23. The number of rotatable bonds is 0. The van der Waals surface area contributed by atoms with Crippen molar-refractivity contribution in [2.24, 2.45) is 0 Å². The minimum absolute atomic E-state index is 0. The summed E-state index contributed by atoms with van der Waals surface area (Å²) < 4.78 is 8.28. The molecular formula is H2AlCeKOZr. The van der Waals surface area contributed by atoms with E-state index >= 15 is 0 Å². The Labute approximate surface area is 136 Å². The van der Waals surface area contributed by atoms with E-state index < -0.39 is 0 Å². The van der Waals surface area contributed by atoms with Crippen molar-refractivity contribution in [2.75, 3.05) is 0 Å². The van der Waals surface area contributed by atoms with Crippen LogP contribution in [0.4, 0.5) is 0 Å². The average molecular weight is 315 g/mol. The van der Waals surface area contributed by atoms with E-state index in [0.717, 1.165) is 0 Å². The molecule has 0 spiro atoms. The van der Waals surface area contributed by atoms with Gasteiger partial charge in [-0.05, 0) is 0 Å². The van der Waals surface area contributed by atoms with Crippen LogP contribution in [0.2, 0.25) is 0 Å². The summed E-state index contributed by atoms with van der Waals surface area (Å²) in [6, 6.07) is 0. The summed E-state index contributed by atoms with van der Waals surface area (Å²) in [7, 11) is 0. The van der Waals surface area contributed by atoms with Gasteiger partial charge in [0.2, 0.25) is 0 Å². The largest absolute Gasteiger partial charge is 0 e. The van der Waals surface area contributed by atoms with Gasteiger partial charge < -0.3 is 1.43 Å². The van der Waals surface area contributed by atoms with Crippen LogP contribution in [0.1, 0.15) is 1.43 Å². The zero-order valence-electron chi connectivity index (χ0n) is 4.12. The van der Waals surface area contributed by atoms with Gasteiger partial charge in [0.15, 0.2) is 0 Å². The van der Waals surface area contributed by atoms with E-state index in [2.05, 4.69) is 0 Å². The van der Waals surface area contributed by atoms with Gasteiger partial charge in [-0.2, -0.15) is 0 Å². The molecule has 0 radical (unpaired) electrons. The summed E-state index contributed by atoms with van der Waals surface area (Å²) in [6.45, 7) is 0. The summed E-state index contributed by atoms with van der Waals surface area (Å²) in [5.74, 6) is 0. The van der Waals surface area contributed by atoms with Gasteiger partial charge in [-0.3, -0.25) is 0 Å². The first-order valence-electron chi connectivity index (χ1n) is 0.289. The summed E-state index contributed by atoms with van der Waals surface area (Å²) in [6.07, 6.45) is 0. The van der Waals surface area contributed by atoms with E-state index in [9.17, 15) is 0 Å². The van der Waals surface area contributed by atoms with Gasteiger partial charge in [-0.15, -0.1) is 0 Å². The topological polar surface area (TPSA) is 17.1 Å². The maximum absolute atomic E-state index is 8.28. The average Bonchev–Trinajstić information content (AvgIpc) is 1.00. The zero-order chi connectivity index (χ0) is 2.00. The van der Waals surface area contributed by atoms with E-state index in [4.69, 9.17) is 3.80 Å². The molecule has 0 aromatic carbocycles. The van der Waals surface area contributed by atoms with Gasteiger partial charge >= 0.3 is 71.4 Å². The fraction of sp³-hybridized carbons (Fsp3) is 0. The second-order valence-electron chi connectivity index (χ2n) is 0. The normalized spacial score (nSPS) is 0.600. The van der Waals surface area contributed by atoms with Gasteiger partial charge in [0.05, 0.1) is 0 Å². The van der Waals surface area contributed by atoms with Crippen molar-refractivity contribution in [3.05, 3.63) is 0 Å². The van der Waals surface area contributed by atoms with Crippen LogP contribution in [0.25, 0.3) is 0 Å². The molecule has 0 unspecified atom stereocenters. The van der Waals surface area contributed by atoms with E-state index in [0.29, 0.717) is 16.2 Å². The molecule has 5 heteroatoms. The van der Waals surface area contributed by atoms with Gasteiger partial charge in [0.25, 0.3) is 0 Å². The molecule has 0 aromatic heterocycles. The Morgan fingerprint density at radius 1 is 1.40 bits per heavy atom. The minimum Gasteiger partial charge on any atom is 0 e. The SMILES string of the molecule is [Ce].[H-].[K+].[O]=[AlH].[Zr]. The molecular weight excluding hydrogens is 313 g/mol. The Balaban J connectivity index is -0.000000000833. The molecule has 0 aliphatic heterocycles. The van der Waals surface area contributed by atoms with Crippen molar-refractivity contribution in [2.45, 2.75) is 0 Å². The molecule has 0 atom stereocenters. The van der Waals surface area contributed by atoms with Crippen molar-refractivity contribution in [1.29, 1.82) is 0 Å². The smallest absolute Gasteiger partial charge is 0 e. The van der Waals surface area contributed by atoms with Crippen LogP contribution >= 0.6 is 0 Å². The van der Waals surface area contributed by atoms with Crippen molar-refractivity contribution in [3.8, 4) is 0 Å². The molecule has 0 aliphatic carbocycles. The van der Waals surface area contributed by atoms with E-state index in [1.165, 1.54) is 0 Å². The predicted molar refractivity (Wildman–Crippen MR) is 8.95 cm³/mol. The molecule has 0 saturated carbocycles. The maximum Gasteiger partial charge on any atom is 0 e. The molecule has 0 amide bonds. The Morgan fingerprint density at radius 2 is 1.40 bits per heavy atom. The Kier molecular flexibility index (Phi) is 110. The monoisotopic (exact) mass is 314 g/mol. The van der Waals surface area contributed by atoms with Crippen molar-refractivity contribution < 1.29 is 125 Å². The van der Waals surface area contributed by atoms with E-state index in [-0.39, 0.29) is 121 Å². The van der Waals surface area contributed by atoms with Crippen LogP contribution in [-0.4, -0.2) is 16.2 Å². The molecule has 0 aliphatic rings. The van der Waals surface area contributed by atoms with Crippen LogP contribution in [0.5, 0.6) is 0 Å². The number of hydrogen-bond acceptors (Lipinski definition) is 1. The van der Waals surface area contributed by atoms with Gasteiger partial charge in [-0.25, -0.2) is 0 Å². The van der Waals surface area contributed by atoms with Gasteiger partial charge in [-0.1, -0.05) is 0 Å².